The number of nitrogens with one attached hydrogen (secondary N) is 1. The molecular formula is C14H18N2. The fourth-order valence-corrected chi connectivity index (χ4v) is 2.91. The number of rotatable bonds is 1. The summed E-state index contributed by atoms with van der Waals surface area (Å²) < 4.78 is 0. The van der Waals surface area contributed by atoms with Crippen molar-refractivity contribution in [2.45, 2.75) is 32.2 Å². The van der Waals surface area contributed by atoms with Crippen LogP contribution in [0.2, 0.25) is 0 Å². The van der Waals surface area contributed by atoms with Gasteiger partial charge in [0.2, 0.25) is 0 Å². The Labute approximate surface area is 96.8 Å². The standard InChI is InChI=1S/C14H18N2/c1-10-4-5-12(9-16-10)13-7-6-11-3-2-8-15-14(11)13/h4-5,7,9,11,14-15H,2-3,6,8H2,1H3/t11-,14-/m0/s1. The van der Waals surface area contributed by atoms with Gasteiger partial charge in [0, 0.05) is 17.9 Å². The summed E-state index contributed by atoms with van der Waals surface area (Å²) in [5, 5.41) is 3.65. The zero-order valence-electron chi connectivity index (χ0n) is 9.74. The van der Waals surface area contributed by atoms with E-state index in [0.29, 0.717) is 6.04 Å². The normalized spacial score (nSPS) is 28.7. The van der Waals surface area contributed by atoms with E-state index in [1.54, 1.807) is 0 Å². The minimum Gasteiger partial charge on any atom is -0.310 e. The van der Waals surface area contributed by atoms with Crippen molar-refractivity contribution in [2.75, 3.05) is 6.54 Å². The maximum atomic E-state index is 4.39. The van der Waals surface area contributed by atoms with E-state index in [9.17, 15) is 0 Å². The van der Waals surface area contributed by atoms with Gasteiger partial charge in [0.1, 0.15) is 0 Å². The Kier molecular flexibility index (Phi) is 2.52. The van der Waals surface area contributed by atoms with Gasteiger partial charge in [0.15, 0.2) is 0 Å². The number of hydrogen-bond acceptors (Lipinski definition) is 2. The molecule has 0 spiro atoms. The first-order valence-electron chi connectivity index (χ1n) is 6.21. The molecule has 1 aromatic rings. The molecule has 1 aliphatic heterocycles. The summed E-state index contributed by atoms with van der Waals surface area (Å²) in [5.41, 5.74) is 3.86. The van der Waals surface area contributed by atoms with E-state index in [4.69, 9.17) is 0 Å². The highest BCUT2D eigenvalue weighted by Crippen LogP contribution is 2.36. The average molecular weight is 214 g/mol. The quantitative estimate of drug-likeness (QED) is 0.777. The summed E-state index contributed by atoms with van der Waals surface area (Å²) in [5.74, 6) is 0.824. The minimum atomic E-state index is 0.582. The number of allylic oxidation sites excluding steroid dienone is 1. The van der Waals surface area contributed by atoms with Gasteiger partial charge in [-0.1, -0.05) is 12.1 Å². The lowest BCUT2D eigenvalue weighted by Crippen LogP contribution is -2.39. The summed E-state index contributed by atoms with van der Waals surface area (Å²) >= 11 is 0. The molecule has 1 N–H and O–H groups in total. The second-order valence-electron chi connectivity index (χ2n) is 4.92. The third kappa shape index (κ3) is 1.67. The molecule has 0 aromatic carbocycles. The maximum absolute atomic E-state index is 4.39. The molecule has 84 valence electrons. The van der Waals surface area contributed by atoms with Crippen molar-refractivity contribution in [3.63, 3.8) is 0 Å². The van der Waals surface area contributed by atoms with Gasteiger partial charge in [-0.15, -0.1) is 0 Å². The third-order valence-electron chi connectivity index (χ3n) is 3.81. The maximum Gasteiger partial charge on any atom is 0.0373 e. The lowest BCUT2D eigenvalue weighted by molar-refractivity contribution is 0.346. The van der Waals surface area contributed by atoms with Gasteiger partial charge in [0.25, 0.3) is 0 Å². The van der Waals surface area contributed by atoms with Crippen molar-refractivity contribution in [3.05, 3.63) is 35.7 Å². The van der Waals surface area contributed by atoms with Crippen molar-refractivity contribution < 1.29 is 0 Å². The van der Waals surface area contributed by atoms with E-state index >= 15 is 0 Å². The summed E-state index contributed by atoms with van der Waals surface area (Å²) in [6.45, 7) is 3.20. The van der Waals surface area contributed by atoms with Crippen LogP contribution in [0.1, 0.15) is 30.5 Å². The van der Waals surface area contributed by atoms with Crippen LogP contribution < -0.4 is 5.32 Å². The molecule has 2 heterocycles. The molecule has 1 aliphatic carbocycles. The Hall–Kier alpha value is -1.15. The lowest BCUT2D eigenvalue weighted by atomic mass is 9.89. The molecule has 2 heteroatoms. The van der Waals surface area contributed by atoms with E-state index < -0.39 is 0 Å². The van der Waals surface area contributed by atoms with E-state index in [2.05, 4.69) is 28.5 Å². The Morgan fingerprint density at radius 1 is 1.38 bits per heavy atom. The highest BCUT2D eigenvalue weighted by Gasteiger charge is 2.31. The largest absolute Gasteiger partial charge is 0.310 e. The number of aryl methyl sites for hydroxylation is 1. The Morgan fingerprint density at radius 3 is 3.12 bits per heavy atom. The topological polar surface area (TPSA) is 24.9 Å². The van der Waals surface area contributed by atoms with Crippen LogP contribution in [0, 0.1) is 12.8 Å². The molecule has 2 nitrogen and oxygen atoms in total. The average Bonchev–Trinajstić information content (AvgIpc) is 2.74. The summed E-state index contributed by atoms with van der Waals surface area (Å²) in [7, 11) is 0. The lowest BCUT2D eigenvalue weighted by Gasteiger charge is -2.29. The molecule has 2 atom stereocenters. The molecule has 1 saturated heterocycles. The van der Waals surface area contributed by atoms with Crippen LogP contribution in [0.4, 0.5) is 0 Å². The number of hydrogen-bond donors (Lipinski definition) is 1. The van der Waals surface area contributed by atoms with Gasteiger partial charge in [-0.3, -0.25) is 4.98 Å². The van der Waals surface area contributed by atoms with Crippen molar-refractivity contribution in [1.29, 1.82) is 0 Å². The number of piperidine rings is 1. The van der Waals surface area contributed by atoms with Crippen LogP contribution in [-0.4, -0.2) is 17.6 Å². The minimum absolute atomic E-state index is 0.582. The summed E-state index contributed by atoms with van der Waals surface area (Å²) in [6.07, 6.45) is 8.35. The van der Waals surface area contributed by atoms with Crippen LogP contribution in [0.15, 0.2) is 24.4 Å². The van der Waals surface area contributed by atoms with Crippen LogP contribution in [0.25, 0.3) is 5.57 Å². The molecule has 1 fully saturated rings. The second kappa shape index (κ2) is 4.02. The van der Waals surface area contributed by atoms with Crippen molar-refractivity contribution in [3.8, 4) is 0 Å². The first kappa shape index (κ1) is 10.0. The molecule has 0 amide bonds. The van der Waals surface area contributed by atoms with Crippen molar-refractivity contribution >= 4 is 5.57 Å². The van der Waals surface area contributed by atoms with E-state index in [0.717, 1.165) is 18.2 Å². The predicted molar refractivity (Wildman–Crippen MR) is 66.1 cm³/mol. The molecule has 0 radical (unpaired) electrons. The molecule has 3 rings (SSSR count). The Bertz CT molecular complexity index is 405. The molecule has 1 aromatic heterocycles. The van der Waals surface area contributed by atoms with E-state index in [1.165, 1.54) is 30.4 Å². The number of aromatic nitrogens is 1. The molecule has 2 aliphatic rings. The van der Waals surface area contributed by atoms with Crippen LogP contribution >= 0.6 is 0 Å². The number of nitrogens with zero attached hydrogens (tertiary/aromatic N) is 1. The van der Waals surface area contributed by atoms with Gasteiger partial charge in [-0.2, -0.15) is 0 Å². The predicted octanol–water partition coefficient (Wildman–Crippen LogP) is 2.55. The highest BCUT2D eigenvalue weighted by atomic mass is 14.9. The van der Waals surface area contributed by atoms with E-state index in [-0.39, 0.29) is 0 Å². The first-order chi connectivity index (χ1) is 7.84. The molecule has 0 bridgehead atoms. The van der Waals surface area contributed by atoms with Crippen molar-refractivity contribution in [2.24, 2.45) is 5.92 Å². The SMILES string of the molecule is Cc1ccc(C2=CC[C@@H]3CCCN[C@H]23)cn1. The van der Waals surface area contributed by atoms with Crippen LogP contribution in [0.3, 0.4) is 0 Å². The molecule has 0 saturated carbocycles. The smallest absolute Gasteiger partial charge is 0.0373 e. The van der Waals surface area contributed by atoms with Crippen LogP contribution in [0.5, 0.6) is 0 Å². The summed E-state index contributed by atoms with van der Waals surface area (Å²) in [4.78, 5) is 4.39. The van der Waals surface area contributed by atoms with Gasteiger partial charge in [-0.05, 0) is 55.9 Å². The number of pyridine rings is 1. The number of fused-ring (bicyclic) bond motifs is 1. The molecule has 16 heavy (non-hydrogen) atoms. The Morgan fingerprint density at radius 2 is 2.31 bits per heavy atom. The Balaban J connectivity index is 1.87. The van der Waals surface area contributed by atoms with Gasteiger partial charge in [-0.25, -0.2) is 0 Å². The summed E-state index contributed by atoms with van der Waals surface area (Å²) in [6, 6.07) is 4.89. The zero-order chi connectivity index (χ0) is 11.0. The zero-order valence-corrected chi connectivity index (χ0v) is 9.74. The fraction of sp³-hybridized carbons (Fsp3) is 0.500. The van der Waals surface area contributed by atoms with Gasteiger partial charge >= 0.3 is 0 Å². The van der Waals surface area contributed by atoms with Gasteiger partial charge < -0.3 is 5.32 Å². The molecular weight excluding hydrogens is 196 g/mol. The fourth-order valence-electron chi connectivity index (χ4n) is 2.91. The monoisotopic (exact) mass is 214 g/mol. The highest BCUT2D eigenvalue weighted by molar-refractivity contribution is 5.71. The first-order valence-corrected chi connectivity index (χ1v) is 6.21. The van der Waals surface area contributed by atoms with Crippen LogP contribution in [-0.2, 0) is 0 Å². The third-order valence-corrected chi connectivity index (χ3v) is 3.81. The van der Waals surface area contributed by atoms with Gasteiger partial charge in [0.05, 0.1) is 0 Å². The van der Waals surface area contributed by atoms with Crippen molar-refractivity contribution in [1.82, 2.24) is 10.3 Å². The van der Waals surface area contributed by atoms with E-state index in [1.807, 2.05) is 13.1 Å². The second-order valence-corrected chi connectivity index (χ2v) is 4.92. The molecule has 0 unspecified atom stereocenters.